The standard InChI is InChI=1S/C11H14BrNO/c1-2-7-3-4-8(12)11-10(7)9(13)5-6-14-11/h3-4,9H,2,5-6,13H2,1H3/t9-/m0/s1. The van der Waals surface area contributed by atoms with Gasteiger partial charge in [-0.1, -0.05) is 13.0 Å². The van der Waals surface area contributed by atoms with Crippen LogP contribution in [-0.4, -0.2) is 6.61 Å². The highest BCUT2D eigenvalue weighted by Crippen LogP contribution is 2.39. The SMILES string of the molecule is CCc1ccc(Br)c2c1[C@@H](N)CCO2. The van der Waals surface area contributed by atoms with Gasteiger partial charge in [0.2, 0.25) is 0 Å². The lowest BCUT2D eigenvalue weighted by molar-refractivity contribution is 0.266. The lowest BCUT2D eigenvalue weighted by Gasteiger charge is -2.26. The summed E-state index contributed by atoms with van der Waals surface area (Å²) in [5, 5.41) is 0. The van der Waals surface area contributed by atoms with Crippen molar-refractivity contribution in [3.05, 3.63) is 27.7 Å². The second-order valence-electron chi connectivity index (χ2n) is 3.55. The van der Waals surface area contributed by atoms with Gasteiger partial charge in [-0.25, -0.2) is 0 Å². The van der Waals surface area contributed by atoms with Crippen molar-refractivity contribution in [1.29, 1.82) is 0 Å². The van der Waals surface area contributed by atoms with Crippen molar-refractivity contribution in [2.75, 3.05) is 6.61 Å². The van der Waals surface area contributed by atoms with Gasteiger partial charge in [0.15, 0.2) is 0 Å². The third-order valence-corrected chi connectivity index (χ3v) is 3.29. The van der Waals surface area contributed by atoms with Gasteiger partial charge >= 0.3 is 0 Å². The van der Waals surface area contributed by atoms with Crippen LogP contribution in [0.4, 0.5) is 0 Å². The van der Waals surface area contributed by atoms with Crippen LogP contribution >= 0.6 is 15.9 Å². The number of aryl methyl sites for hydroxylation is 1. The van der Waals surface area contributed by atoms with Crippen molar-refractivity contribution in [3.63, 3.8) is 0 Å². The molecule has 0 unspecified atom stereocenters. The molecule has 1 aliphatic rings. The fourth-order valence-electron chi connectivity index (χ4n) is 1.91. The van der Waals surface area contributed by atoms with E-state index in [4.69, 9.17) is 10.5 Å². The van der Waals surface area contributed by atoms with Crippen molar-refractivity contribution in [2.45, 2.75) is 25.8 Å². The number of benzene rings is 1. The first-order valence-electron chi connectivity index (χ1n) is 4.93. The molecule has 0 spiro atoms. The first kappa shape index (κ1) is 9.99. The molecule has 0 fully saturated rings. The molecule has 0 saturated heterocycles. The van der Waals surface area contributed by atoms with E-state index >= 15 is 0 Å². The molecule has 0 radical (unpaired) electrons. The molecule has 14 heavy (non-hydrogen) atoms. The summed E-state index contributed by atoms with van der Waals surface area (Å²) < 4.78 is 6.65. The molecule has 1 atom stereocenters. The monoisotopic (exact) mass is 255 g/mol. The smallest absolute Gasteiger partial charge is 0.138 e. The number of halogens is 1. The molecular formula is C11H14BrNO. The maximum absolute atomic E-state index is 6.09. The van der Waals surface area contributed by atoms with Crippen LogP contribution in [0.1, 0.15) is 30.5 Å². The molecule has 1 aromatic rings. The number of rotatable bonds is 1. The summed E-state index contributed by atoms with van der Waals surface area (Å²) in [4.78, 5) is 0. The summed E-state index contributed by atoms with van der Waals surface area (Å²) in [6.45, 7) is 2.87. The van der Waals surface area contributed by atoms with E-state index < -0.39 is 0 Å². The van der Waals surface area contributed by atoms with Crippen LogP contribution in [0.25, 0.3) is 0 Å². The van der Waals surface area contributed by atoms with E-state index in [-0.39, 0.29) is 6.04 Å². The van der Waals surface area contributed by atoms with Crippen LogP contribution in [0.2, 0.25) is 0 Å². The molecule has 3 heteroatoms. The third-order valence-electron chi connectivity index (χ3n) is 2.67. The number of hydrogen-bond donors (Lipinski definition) is 1. The summed E-state index contributed by atoms with van der Waals surface area (Å²) in [6.07, 6.45) is 1.92. The zero-order valence-corrected chi connectivity index (χ0v) is 9.80. The molecule has 0 bridgehead atoms. The van der Waals surface area contributed by atoms with Crippen molar-refractivity contribution >= 4 is 15.9 Å². The molecule has 2 rings (SSSR count). The van der Waals surface area contributed by atoms with Crippen molar-refractivity contribution in [3.8, 4) is 5.75 Å². The summed E-state index contributed by atoms with van der Waals surface area (Å²) in [5.74, 6) is 0.947. The normalized spacial score (nSPS) is 20.1. The lowest BCUT2D eigenvalue weighted by atomic mass is 9.94. The number of ether oxygens (including phenoxy) is 1. The van der Waals surface area contributed by atoms with Crippen molar-refractivity contribution in [2.24, 2.45) is 5.73 Å². The summed E-state index contributed by atoms with van der Waals surface area (Å²) >= 11 is 3.49. The Balaban J connectivity index is 2.58. The Morgan fingerprint density at radius 3 is 3.07 bits per heavy atom. The second-order valence-corrected chi connectivity index (χ2v) is 4.40. The summed E-state index contributed by atoms with van der Waals surface area (Å²) in [7, 11) is 0. The molecule has 0 aliphatic carbocycles. The van der Waals surface area contributed by atoms with Crippen molar-refractivity contribution < 1.29 is 4.74 Å². The summed E-state index contributed by atoms with van der Waals surface area (Å²) in [6, 6.07) is 4.29. The van der Waals surface area contributed by atoms with Gasteiger partial charge < -0.3 is 10.5 Å². The maximum atomic E-state index is 6.09. The molecule has 1 aromatic carbocycles. The Morgan fingerprint density at radius 2 is 2.36 bits per heavy atom. The highest BCUT2D eigenvalue weighted by atomic mass is 79.9. The van der Waals surface area contributed by atoms with E-state index in [0.717, 1.165) is 29.7 Å². The second kappa shape index (κ2) is 3.91. The van der Waals surface area contributed by atoms with Crippen LogP contribution in [0, 0.1) is 0 Å². The Morgan fingerprint density at radius 1 is 1.57 bits per heavy atom. The Hall–Kier alpha value is -0.540. The van der Waals surface area contributed by atoms with E-state index in [1.165, 1.54) is 11.1 Å². The van der Waals surface area contributed by atoms with E-state index in [1.807, 2.05) is 6.07 Å². The molecule has 76 valence electrons. The van der Waals surface area contributed by atoms with Gasteiger partial charge in [-0.05, 0) is 34.0 Å². The van der Waals surface area contributed by atoms with Crippen LogP contribution in [0.3, 0.4) is 0 Å². The fourth-order valence-corrected chi connectivity index (χ4v) is 2.37. The molecule has 0 amide bonds. The molecule has 2 N–H and O–H groups in total. The third kappa shape index (κ3) is 1.55. The first-order chi connectivity index (χ1) is 6.74. The quantitative estimate of drug-likeness (QED) is 0.838. The van der Waals surface area contributed by atoms with Gasteiger partial charge in [0.05, 0.1) is 11.1 Å². The average molecular weight is 256 g/mol. The Labute approximate surface area is 92.6 Å². The van der Waals surface area contributed by atoms with E-state index in [2.05, 4.69) is 28.9 Å². The van der Waals surface area contributed by atoms with Crippen LogP contribution in [-0.2, 0) is 6.42 Å². The lowest BCUT2D eigenvalue weighted by Crippen LogP contribution is -2.22. The predicted octanol–water partition coefficient (Wildman–Crippen LogP) is 2.79. The van der Waals surface area contributed by atoms with Crippen LogP contribution < -0.4 is 10.5 Å². The highest BCUT2D eigenvalue weighted by molar-refractivity contribution is 9.10. The number of fused-ring (bicyclic) bond motifs is 1. The van der Waals surface area contributed by atoms with Crippen molar-refractivity contribution in [1.82, 2.24) is 0 Å². The largest absolute Gasteiger partial charge is 0.492 e. The van der Waals surface area contributed by atoms with Gasteiger partial charge in [0, 0.05) is 18.0 Å². The zero-order valence-electron chi connectivity index (χ0n) is 8.22. The molecule has 2 nitrogen and oxygen atoms in total. The predicted molar refractivity (Wildman–Crippen MR) is 60.6 cm³/mol. The first-order valence-corrected chi connectivity index (χ1v) is 5.73. The van der Waals surface area contributed by atoms with Gasteiger partial charge in [0.25, 0.3) is 0 Å². The molecule has 0 saturated carbocycles. The van der Waals surface area contributed by atoms with Crippen LogP contribution in [0.5, 0.6) is 5.75 Å². The van der Waals surface area contributed by atoms with Gasteiger partial charge in [-0.15, -0.1) is 0 Å². The Bertz CT molecular complexity index is 351. The van der Waals surface area contributed by atoms with E-state index in [1.54, 1.807) is 0 Å². The minimum atomic E-state index is 0.131. The van der Waals surface area contributed by atoms with Crippen LogP contribution in [0.15, 0.2) is 16.6 Å². The molecule has 0 aromatic heterocycles. The molecule has 1 aliphatic heterocycles. The fraction of sp³-hybridized carbons (Fsp3) is 0.455. The summed E-state index contributed by atoms with van der Waals surface area (Å²) in [5.41, 5.74) is 8.58. The molecule has 1 heterocycles. The average Bonchev–Trinajstić information content (AvgIpc) is 2.20. The van der Waals surface area contributed by atoms with E-state index in [0.29, 0.717) is 0 Å². The minimum Gasteiger partial charge on any atom is -0.492 e. The van der Waals surface area contributed by atoms with E-state index in [9.17, 15) is 0 Å². The highest BCUT2D eigenvalue weighted by Gasteiger charge is 2.22. The number of nitrogens with two attached hydrogens (primary N) is 1. The maximum Gasteiger partial charge on any atom is 0.138 e. The number of hydrogen-bond acceptors (Lipinski definition) is 2. The van der Waals surface area contributed by atoms with Gasteiger partial charge in [-0.2, -0.15) is 0 Å². The van der Waals surface area contributed by atoms with Gasteiger partial charge in [0.1, 0.15) is 5.75 Å². The minimum absolute atomic E-state index is 0.131. The Kier molecular flexibility index (Phi) is 2.79. The van der Waals surface area contributed by atoms with Gasteiger partial charge in [-0.3, -0.25) is 0 Å². The topological polar surface area (TPSA) is 35.2 Å². The molecular weight excluding hydrogens is 242 g/mol. The zero-order chi connectivity index (χ0) is 10.1.